The zero-order valence-corrected chi connectivity index (χ0v) is 16.1. The maximum atomic E-state index is 12.7. The molecule has 25 heavy (non-hydrogen) atoms. The third-order valence-electron chi connectivity index (χ3n) is 4.71. The molecule has 2 heterocycles. The van der Waals surface area contributed by atoms with Gasteiger partial charge in [-0.05, 0) is 55.1 Å². The van der Waals surface area contributed by atoms with Crippen molar-refractivity contribution in [2.75, 3.05) is 20.6 Å². The summed E-state index contributed by atoms with van der Waals surface area (Å²) < 4.78 is 0. The van der Waals surface area contributed by atoms with Gasteiger partial charge in [-0.15, -0.1) is 11.3 Å². The van der Waals surface area contributed by atoms with E-state index in [1.54, 1.807) is 0 Å². The Labute approximate surface area is 154 Å². The van der Waals surface area contributed by atoms with Gasteiger partial charge in [0.1, 0.15) is 0 Å². The number of rotatable bonds is 5. The van der Waals surface area contributed by atoms with Crippen molar-refractivity contribution < 1.29 is 4.79 Å². The predicted molar refractivity (Wildman–Crippen MR) is 104 cm³/mol. The summed E-state index contributed by atoms with van der Waals surface area (Å²) in [5.74, 6) is 0. The second-order valence-electron chi connectivity index (χ2n) is 6.88. The van der Waals surface area contributed by atoms with Crippen LogP contribution in [0.15, 0.2) is 35.7 Å². The van der Waals surface area contributed by atoms with Crippen LogP contribution in [-0.4, -0.2) is 36.5 Å². The molecule has 0 bridgehead atoms. The van der Waals surface area contributed by atoms with Gasteiger partial charge in [0.25, 0.3) is 0 Å². The lowest BCUT2D eigenvalue weighted by Crippen LogP contribution is -2.44. The second kappa shape index (κ2) is 8.02. The van der Waals surface area contributed by atoms with Gasteiger partial charge in [-0.3, -0.25) is 0 Å². The number of nitrogens with zero attached hydrogens (tertiary/aromatic N) is 2. The van der Waals surface area contributed by atoms with Gasteiger partial charge in [0.05, 0.1) is 6.04 Å². The number of thiophene rings is 1. The summed E-state index contributed by atoms with van der Waals surface area (Å²) in [5.41, 5.74) is 3.76. The Bertz CT molecular complexity index is 708. The number of hydrogen-bond acceptors (Lipinski definition) is 3. The predicted octanol–water partition coefficient (Wildman–Crippen LogP) is 4.03. The average molecular weight is 358 g/mol. The minimum atomic E-state index is 0.0427. The van der Waals surface area contributed by atoms with Crippen LogP contribution in [0.4, 0.5) is 4.79 Å². The first kappa shape index (κ1) is 18.0. The monoisotopic (exact) mass is 357 g/mol. The van der Waals surface area contributed by atoms with Crippen LogP contribution in [0.1, 0.15) is 41.0 Å². The Hall–Kier alpha value is -1.85. The fourth-order valence-corrected chi connectivity index (χ4v) is 4.41. The number of carbonyl (C=O) groups excluding carboxylic acids is 1. The van der Waals surface area contributed by atoms with E-state index in [0.717, 1.165) is 31.5 Å². The molecule has 1 unspecified atom stereocenters. The van der Waals surface area contributed by atoms with Crippen LogP contribution in [0.3, 0.4) is 0 Å². The van der Waals surface area contributed by atoms with Crippen molar-refractivity contribution in [2.24, 2.45) is 0 Å². The first-order valence-corrected chi connectivity index (χ1v) is 9.79. The lowest BCUT2D eigenvalue weighted by atomic mass is 9.98. The second-order valence-corrected chi connectivity index (χ2v) is 7.88. The molecule has 0 aliphatic carbocycles. The summed E-state index contributed by atoms with van der Waals surface area (Å²) >= 11 is 1.81. The molecule has 2 aromatic rings. The molecule has 134 valence electrons. The topological polar surface area (TPSA) is 35.6 Å². The van der Waals surface area contributed by atoms with Gasteiger partial charge >= 0.3 is 6.03 Å². The molecule has 1 N–H and O–H groups in total. The fraction of sp³-hybridized carbons (Fsp3) is 0.450. The molecule has 0 spiro atoms. The zero-order valence-electron chi connectivity index (χ0n) is 15.3. The van der Waals surface area contributed by atoms with Crippen LogP contribution in [-0.2, 0) is 19.5 Å². The maximum Gasteiger partial charge on any atom is 0.318 e. The maximum absolute atomic E-state index is 12.7. The molecule has 1 atom stereocenters. The highest BCUT2D eigenvalue weighted by Crippen LogP contribution is 2.35. The van der Waals surface area contributed by atoms with E-state index in [4.69, 9.17) is 0 Å². The molecule has 0 saturated heterocycles. The van der Waals surface area contributed by atoms with Crippen LogP contribution in [0, 0.1) is 0 Å². The highest BCUT2D eigenvalue weighted by molar-refractivity contribution is 7.10. The third-order valence-corrected chi connectivity index (χ3v) is 5.70. The van der Waals surface area contributed by atoms with Crippen molar-refractivity contribution in [1.29, 1.82) is 0 Å². The Morgan fingerprint density at radius 3 is 2.64 bits per heavy atom. The third kappa shape index (κ3) is 4.22. The van der Waals surface area contributed by atoms with Crippen molar-refractivity contribution in [1.82, 2.24) is 15.1 Å². The molecule has 4 nitrogen and oxygen atoms in total. The van der Waals surface area contributed by atoms with Gasteiger partial charge in [-0.25, -0.2) is 4.79 Å². The molecule has 2 amide bonds. The van der Waals surface area contributed by atoms with Crippen LogP contribution >= 0.6 is 11.3 Å². The number of nitrogens with one attached hydrogen (secondary N) is 1. The van der Waals surface area contributed by atoms with Gasteiger partial charge < -0.3 is 15.1 Å². The minimum absolute atomic E-state index is 0.0427. The van der Waals surface area contributed by atoms with Gasteiger partial charge in [0.2, 0.25) is 0 Å². The quantitative estimate of drug-likeness (QED) is 0.877. The smallest absolute Gasteiger partial charge is 0.318 e. The van der Waals surface area contributed by atoms with E-state index in [1.807, 2.05) is 16.2 Å². The van der Waals surface area contributed by atoms with E-state index in [1.165, 1.54) is 16.0 Å². The van der Waals surface area contributed by atoms with Crippen LogP contribution in [0.25, 0.3) is 0 Å². The largest absolute Gasteiger partial charge is 0.334 e. The fourth-order valence-electron chi connectivity index (χ4n) is 3.49. The molecule has 1 aliphatic heterocycles. The molecule has 0 radical (unpaired) electrons. The molecule has 1 aliphatic rings. The van der Waals surface area contributed by atoms with E-state index in [-0.39, 0.29) is 12.1 Å². The van der Waals surface area contributed by atoms with Crippen molar-refractivity contribution in [3.8, 4) is 0 Å². The zero-order chi connectivity index (χ0) is 17.8. The van der Waals surface area contributed by atoms with Crippen molar-refractivity contribution >= 4 is 17.4 Å². The van der Waals surface area contributed by atoms with E-state index >= 15 is 0 Å². The number of benzene rings is 1. The summed E-state index contributed by atoms with van der Waals surface area (Å²) in [6.07, 6.45) is 1.92. The Morgan fingerprint density at radius 2 is 1.96 bits per heavy atom. The SMILES string of the molecule is CCC1c2ccsc2CCN1C(=O)NCc1ccc(CN(C)C)cc1. The molecular weight excluding hydrogens is 330 g/mol. The summed E-state index contributed by atoms with van der Waals surface area (Å²) in [6.45, 7) is 4.47. The number of urea groups is 1. The highest BCUT2D eigenvalue weighted by atomic mass is 32.1. The Balaban J connectivity index is 1.59. The van der Waals surface area contributed by atoms with E-state index in [2.05, 4.69) is 66.9 Å². The summed E-state index contributed by atoms with van der Waals surface area (Å²) in [4.78, 5) is 18.3. The lowest BCUT2D eigenvalue weighted by molar-refractivity contribution is 0.167. The van der Waals surface area contributed by atoms with E-state index in [9.17, 15) is 4.79 Å². The van der Waals surface area contributed by atoms with Crippen LogP contribution in [0.5, 0.6) is 0 Å². The van der Waals surface area contributed by atoms with Gasteiger partial charge in [0, 0.05) is 24.5 Å². The average Bonchev–Trinajstić information content (AvgIpc) is 3.08. The molecule has 0 fully saturated rings. The molecule has 1 aromatic heterocycles. The molecule has 1 aromatic carbocycles. The molecular formula is C20H27N3OS. The first-order valence-electron chi connectivity index (χ1n) is 8.91. The van der Waals surface area contributed by atoms with E-state index < -0.39 is 0 Å². The van der Waals surface area contributed by atoms with Crippen molar-refractivity contribution in [3.63, 3.8) is 0 Å². The van der Waals surface area contributed by atoms with Crippen molar-refractivity contribution in [2.45, 2.75) is 38.9 Å². The summed E-state index contributed by atoms with van der Waals surface area (Å²) in [5, 5.41) is 5.24. The van der Waals surface area contributed by atoms with Gasteiger partial charge in [0.15, 0.2) is 0 Å². The number of fused-ring (bicyclic) bond motifs is 1. The number of carbonyl (C=O) groups is 1. The number of amides is 2. The summed E-state index contributed by atoms with van der Waals surface area (Å²) in [7, 11) is 4.13. The highest BCUT2D eigenvalue weighted by Gasteiger charge is 2.30. The van der Waals surface area contributed by atoms with Crippen LogP contribution in [0.2, 0.25) is 0 Å². The number of hydrogen-bond donors (Lipinski definition) is 1. The first-order chi connectivity index (χ1) is 12.1. The molecule has 0 saturated carbocycles. The van der Waals surface area contributed by atoms with Gasteiger partial charge in [-0.2, -0.15) is 0 Å². The van der Waals surface area contributed by atoms with Crippen LogP contribution < -0.4 is 5.32 Å². The van der Waals surface area contributed by atoms with E-state index in [0.29, 0.717) is 6.54 Å². The Morgan fingerprint density at radius 1 is 1.24 bits per heavy atom. The molecule has 5 heteroatoms. The minimum Gasteiger partial charge on any atom is -0.334 e. The Kier molecular flexibility index (Phi) is 5.76. The normalized spacial score (nSPS) is 16.8. The van der Waals surface area contributed by atoms with Gasteiger partial charge in [-0.1, -0.05) is 31.2 Å². The standard InChI is InChI=1S/C20H27N3OS/c1-4-18-17-10-12-25-19(17)9-11-23(18)20(24)21-13-15-5-7-16(8-6-15)14-22(2)3/h5-8,10,12,18H,4,9,11,13-14H2,1-3H3,(H,21,24). The lowest BCUT2D eigenvalue weighted by Gasteiger charge is -2.35. The summed E-state index contributed by atoms with van der Waals surface area (Å²) in [6, 6.07) is 10.9. The van der Waals surface area contributed by atoms with Crippen molar-refractivity contribution in [3.05, 3.63) is 57.3 Å². The molecule has 3 rings (SSSR count).